The van der Waals surface area contributed by atoms with Crippen molar-refractivity contribution >= 4 is 28.5 Å². The molecule has 6 heteroatoms. The van der Waals surface area contributed by atoms with E-state index in [4.69, 9.17) is 5.73 Å². The van der Waals surface area contributed by atoms with Crippen LogP contribution in [0.5, 0.6) is 0 Å². The molecule has 3 aromatic rings. The molecule has 0 radical (unpaired) electrons. The van der Waals surface area contributed by atoms with E-state index < -0.39 is 5.91 Å². The number of aromatic amines is 1. The normalized spacial score (nSPS) is 10.7. The van der Waals surface area contributed by atoms with Gasteiger partial charge in [0.15, 0.2) is 0 Å². The second kappa shape index (κ2) is 5.92. The summed E-state index contributed by atoms with van der Waals surface area (Å²) < 4.78 is 0. The summed E-state index contributed by atoms with van der Waals surface area (Å²) in [5, 5.41) is 2.78. The van der Waals surface area contributed by atoms with Gasteiger partial charge in [0.05, 0.1) is 11.0 Å². The molecule has 1 aromatic heterocycles. The van der Waals surface area contributed by atoms with Crippen molar-refractivity contribution in [2.75, 3.05) is 5.32 Å². The van der Waals surface area contributed by atoms with E-state index in [2.05, 4.69) is 15.3 Å². The van der Waals surface area contributed by atoms with Gasteiger partial charge in [0.1, 0.15) is 5.82 Å². The average Bonchev–Trinajstić information content (AvgIpc) is 2.97. The van der Waals surface area contributed by atoms with Gasteiger partial charge in [-0.05, 0) is 42.5 Å². The number of rotatable bonds is 4. The zero-order valence-corrected chi connectivity index (χ0v) is 12.6. The van der Waals surface area contributed by atoms with Gasteiger partial charge in [-0.25, -0.2) is 4.98 Å². The number of primary amides is 1. The van der Waals surface area contributed by atoms with Crippen LogP contribution in [0, 0.1) is 0 Å². The van der Waals surface area contributed by atoms with E-state index in [0.717, 1.165) is 23.3 Å². The highest BCUT2D eigenvalue weighted by Crippen LogP contribution is 2.16. The second-order valence-corrected chi connectivity index (χ2v) is 5.16. The van der Waals surface area contributed by atoms with E-state index in [1.165, 1.54) is 0 Å². The predicted octanol–water partition coefficient (Wildman–Crippen LogP) is 2.48. The third-order valence-electron chi connectivity index (χ3n) is 3.56. The molecule has 1 heterocycles. The number of hydrogen-bond donors (Lipinski definition) is 3. The van der Waals surface area contributed by atoms with E-state index in [9.17, 15) is 9.59 Å². The Balaban J connectivity index is 1.80. The minimum absolute atomic E-state index is 0.230. The Morgan fingerprint density at radius 3 is 2.48 bits per heavy atom. The highest BCUT2D eigenvalue weighted by molar-refractivity contribution is 6.06. The summed E-state index contributed by atoms with van der Waals surface area (Å²) in [6, 6.07) is 11.7. The van der Waals surface area contributed by atoms with Crippen LogP contribution < -0.4 is 11.1 Å². The number of carbonyl (C=O) groups is 2. The molecule has 2 aromatic carbocycles. The smallest absolute Gasteiger partial charge is 0.255 e. The molecule has 0 atom stereocenters. The molecule has 0 aliphatic rings. The molecule has 0 unspecified atom stereocenters. The Kier molecular flexibility index (Phi) is 3.80. The van der Waals surface area contributed by atoms with Crippen LogP contribution in [-0.4, -0.2) is 21.8 Å². The molecule has 0 spiro atoms. The molecule has 116 valence electrons. The van der Waals surface area contributed by atoms with Gasteiger partial charge < -0.3 is 16.0 Å². The van der Waals surface area contributed by atoms with Crippen molar-refractivity contribution in [3.63, 3.8) is 0 Å². The Morgan fingerprint density at radius 2 is 1.83 bits per heavy atom. The molecule has 2 amide bonds. The lowest BCUT2D eigenvalue weighted by molar-refractivity contribution is 0.0998. The fourth-order valence-electron chi connectivity index (χ4n) is 2.29. The summed E-state index contributed by atoms with van der Waals surface area (Å²) >= 11 is 0. The molecule has 0 bridgehead atoms. The number of fused-ring (bicyclic) bond motifs is 1. The third-order valence-corrected chi connectivity index (χ3v) is 3.56. The highest BCUT2D eigenvalue weighted by atomic mass is 16.2. The monoisotopic (exact) mass is 308 g/mol. The molecule has 0 aliphatic carbocycles. The first-order valence-electron chi connectivity index (χ1n) is 7.26. The zero-order chi connectivity index (χ0) is 16.4. The lowest BCUT2D eigenvalue weighted by Crippen LogP contribution is -2.13. The van der Waals surface area contributed by atoms with Gasteiger partial charge >= 0.3 is 0 Å². The first kappa shape index (κ1) is 14.8. The first-order valence-corrected chi connectivity index (χ1v) is 7.26. The molecule has 4 N–H and O–H groups in total. The fraction of sp³-hybridized carbons (Fsp3) is 0.118. The van der Waals surface area contributed by atoms with Gasteiger partial charge in [-0.3, -0.25) is 9.59 Å². The average molecular weight is 308 g/mol. The SMILES string of the molecule is CCc1nc2ccc(C(=O)Nc3ccc(C(N)=O)cc3)cc2[nH]1. The number of benzene rings is 2. The number of nitrogens with zero attached hydrogens (tertiary/aromatic N) is 1. The van der Waals surface area contributed by atoms with Gasteiger partial charge in [0, 0.05) is 23.2 Å². The van der Waals surface area contributed by atoms with Crippen LogP contribution >= 0.6 is 0 Å². The molecular formula is C17H16N4O2. The minimum atomic E-state index is -0.501. The van der Waals surface area contributed by atoms with E-state index in [1.807, 2.05) is 13.0 Å². The zero-order valence-electron chi connectivity index (χ0n) is 12.6. The number of carbonyl (C=O) groups excluding carboxylic acids is 2. The Morgan fingerprint density at radius 1 is 1.13 bits per heavy atom. The molecule has 3 rings (SSSR count). The van der Waals surface area contributed by atoms with Crippen molar-refractivity contribution in [3.8, 4) is 0 Å². The fourth-order valence-corrected chi connectivity index (χ4v) is 2.29. The van der Waals surface area contributed by atoms with E-state index in [1.54, 1.807) is 36.4 Å². The summed E-state index contributed by atoms with van der Waals surface area (Å²) in [5.41, 5.74) is 8.38. The minimum Gasteiger partial charge on any atom is -0.366 e. The van der Waals surface area contributed by atoms with Crippen molar-refractivity contribution in [1.82, 2.24) is 9.97 Å². The summed E-state index contributed by atoms with van der Waals surface area (Å²) in [5.74, 6) is 0.158. The van der Waals surface area contributed by atoms with Crippen LogP contribution in [-0.2, 0) is 6.42 Å². The van der Waals surface area contributed by atoms with Crippen LogP contribution in [0.25, 0.3) is 11.0 Å². The predicted molar refractivity (Wildman–Crippen MR) is 88.4 cm³/mol. The highest BCUT2D eigenvalue weighted by Gasteiger charge is 2.09. The largest absolute Gasteiger partial charge is 0.366 e. The maximum absolute atomic E-state index is 12.3. The molecule has 6 nitrogen and oxygen atoms in total. The standard InChI is InChI=1S/C17H16N4O2/c1-2-15-20-13-8-5-11(9-14(13)21-15)17(23)19-12-6-3-10(4-7-12)16(18)22/h3-9H,2H2,1H3,(H2,18,22)(H,19,23)(H,20,21). The maximum atomic E-state index is 12.3. The van der Waals surface area contributed by atoms with Crippen molar-refractivity contribution in [2.24, 2.45) is 5.73 Å². The van der Waals surface area contributed by atoms with Gasteiger partial charge in [-0.2, -0.15) is 0 Å². The number of H-pyrrole nitrogens is 1. The van der Waals surface area contributed by atoms with Gasteiger partial charge in [-0.15, -0.1) is 0 Å². The number of aromatic nitrogens is 2. The molecular weight excluding hydrogens is 292 g/mol. The molecule has 0 fully saturated rings. The summed E-state index contributed by atoms with van der Waals surface area (Å²) in [7, 11) is 0. The topological polar surface area (TPSA) is 101 Å². The van der Waals surface area contributed by atoms with Gasteiger partial charge in [-0.1, -0.05) is 6.92 Å². The van der Waals surface area contributed by atoms with Crippen LogP contribution in [0.1, 0.15) is 33.5 Å². The quantitative estimate of drug-likeness (QED) is 0.690. The number of aryl methyl sites for hydroxylation is 1. The number of hydrogen-bond acceptors (Lipinski definition) is 3. The number of nitrogens with one attached hydrogen (secondary N) is 2. The van der Waals surface area contributed by atoms with Gasteiger partial charge in [0.25, 0.3) is 5.91 Å². The Labute approximate surface area is 132 Å². The summed E-state index contributed by atoms with van der Waals surface area (Å²) in [6.07, 6.45) is 0.808. The number of nitrogens with two attached hydrogens (primary N) is 1. The van der Waals surface area contributed by atoms with E-state index in [-0.39, 0.29) is 5.91 Å². The van der Waals surface area contributed by atoms with E-state index in [0.29, 0.717) is 16.8 Å². The van der Waals surface area contributed by atoms with Crippen molar-refractivity contribution in [1.29, 1.82) is 0 Å². The van der Waals surface area contributed by atoms with Crippen LogP contribution in [0.3, 0.4) is 0 Å². The van der Waals surface area contributed by atoms with Crippen LogP contribution in [0.4, 0.5) is 5.69 Å². The number of amides is 2. The van der Waals surface area contributed by atoms with Crippen LogP contribution in [0.2, 0.25) is 0 Å². The van der Waals surface area contributed by atoms with E-state index >= 15 is 0 Å². The van der Waals surface area contributed by atoms with Crippen LogP contribution in [0.15, 0.2) is 42.5 Å². The summed E-state index contributed by atoms with van der Waals surface area (Å²) in [4.78, 5) is 30.9. The van der Waals surface area contributed by atoms with Crippen molar-refractivity contribution in [3.05, 3.63) is 59.4 Å². The van der Waals surface area contributed by atoms with Crippen molar-refractivity contribution < 1.29 is 9.59 Å². The lowest BCUT2D eigenvalue weighted by Gasteiger charge is -2.06. The Hall–Kier alpha value is -3.15. The molecule has 0 saturated carbocycles. The third kappa shape index (κ3) is 3.06. The summed E-state index contributed by atoms with van der Waals surface area (Å²) in [6.45, 7) is 2.01. The lowest BCUT2D eigenvalue weighted by atomic mass is 10.1. The molecule has 0 saturated heterocycles. The second-order valence-electron chi connectivity index (χ2n) is 5.16. The first-order chi connectivity index (χ1) is 11.1. The number of imidazole rings is 1. The van der Waals surface area contributed by atoms with Gasteiger partial charge in [0.2, 0.25) is 5.91 Å². The molecule has 0 aliphatic heterocycles. The maximum Gasteiger partial charge on any atom is 0.255 e. The van der Waals surface area contributed by atoms with Crippen molar-refractivity contribution in [2.45, 2.75) is 13.3 Å². The number of anilines is 1. The Bertz CT molecular complexity index is 881. The molecule has 23 heavy (non-hydrogen) atoms.